The van der Waals surface area contributed by atoms with E-state index in [-0.39, 0.29) is 11.9 Å². The molecular weight excluding hydrogens is 216 g/mol. The molecule has 0 saturated heterocycles. The number of benzene rings is 1. The lowest BCUT2D eigenvalue weighted by atomic mass is 10.1. The smallest absolute Gasteiger partial charge is 0.310 e. The van der Waals surface area contributed by atoms with E-state index in [9.17, 15) is 4.79 Å². The van der Waals surface area contributed by atoms with Crippen molar-refractivity contribution in [1.29, 1.82) is 5.26 Å². The van der Waals surface area contributed by atoms with Gasteiger partial charge in [-0.3, -0.25) is 4.79 Å². The van der Waals surface area contributed by atoms with Gasteiger partial charge >= 0.3 is 5.97 Å². The Morgan fingerprint density at radius 2 is 2.12 bits per heavy atom. The number of hydrogen-bond donors (Lipinski definition) is 1. The molecule has 0 saturated carbocycles. The first-order valence-corrected chi connectivity index (χ1v) is 5.58. The lowest BCUT2D eigenvalue weighted by Gasteiger charge is -2.12. The molecule has 4 heteroatoms. The van der Waals surface area contributed by atoms with Gasteiger partial charge in [0, 0.05) is 12.2 Å². The third-order valence-electron chi connectivity index (χ3n) is 2.32. The van der Waals surface area contributed by atoms with Crippen molar-refractivity contribution in [3.63, 3.8) is 0 Å². The highest BCUT2D eigenvalue weighted by molar-refractivity contribution is 5.72. The molecule has 0 heterocycles. The van der Waals surface area contributed by atoms with E-state index in [0.717, 1.165) is 5.69 Å². The number of anilines is 1. The van der Waals surface area contributed by atoms with E-state index in [0.29, 0.717) is 18.7 Å². The molecule has 0 aliphatic rings. The molecule has 0 fully saturated rings. The zero-order chi connectivity index (χ0) is 12.7. The molecule has 0 aliphatic carbocycles. The summed E-state index contributed by atoms with van der Waals surface area (Å²) >= 11 is 0. The summed E-state index contributed by atoms with van der Waals surface area (Å²) < 4.78 is 4.91. The van der Waals surface area contributed by atoms with Crippen molar-refractivity contribution in [3.05, 3.63) is 29.8 Å². The van der Waals surface area contributed by atoms with Crippen molar-refractivity contribution in [2.45, 2.75) is 13.8 Å². The van der Waals surface area contributed by atoms with E-state index >= 15 is 0 Å². The molecule has 0 amide bonds. The summed E-state index contributed by atoms with van der Waals surface area (Å²) in [6.45, 7) is 4.53. The monoisotopic (exact) mass is 232 g/mol. The van der Waals surface area contributed by atoms with Gasteiger partial charge in [-0.15, -0.1) is 0 Å². The van der Waals surface area contributed by atoms with Crippen LogP contribution in [0.2, 0.25) is 0 Å². The second kappa shape index (κ2) is 6.54. The number of ether oxygens (including phenoxy) is 1. The molecule has 0 spiro atoms. The Bertz CT molecular complexity index is 406. The quantitative estimate of drug-likeness (QED) is 0.790. The first kappa shape index (κ1) is 13.0. The second-order valence-corrected chi connectivity index (χ2v) is 3.72. The van der Waals surface area contributed by atoms with Crippen LogP contribution < -0.4 is 5.32 Å². The maximum Gasteiger partial charge on any atom is 0.310 e. The number of carbonyl (C=O) groups excluding carboxylic acids is 1. The van der Waals surface area contributed by atoms with Gasteiger partial charge < -0.3 is 10.1 Å². The fourth-order valence-electron chi connectivity index (χ4n) is 1.30. The minimum Gasteiger partial charge on any atom is -0.466 e. The Balaban J connectivity index is 2.44. The molecule has 17 heavy (non-hydrogen) atoms. The summed E-state index contributed by atoms with van der Waals surface area (Å²) in [5, 5.41) is 11.8. The highest BCUT2D eigenvalue weighted by Crippen LogP contribution is 2.10. The van der Waals surface area contributed by atoms with Gasteiger partial charge in [-0.1, -0.05) is 6.92 Å². The number of nitrogens with one attached hydrogen (secondary N) is 1. The number of rotatable bonds is 5. The molecule has 1 aromatic carbocycles. The first-order chi connectivity index (χ1) is 8.17. The zero-order valence-corrected chi connectivity index (χ0v) is 10.1. The predicted molar refractivity (Wildman–Crippen MR) is 65.4 cm³/mol. The van der Waals surface area contributed by atoms with E-state index in [4.69, 9.17) is 10.00 Å². The third kappa shape index (κ3) is 4.15. The van der Waals surface area contributed by atoms with Gasteiger partial charge in [-0.05, 0) is 31.2 Å². The minimum atomic E-state index is -0.200. The van der Waals surface area contributed by atoms with E-state index in [1.807, 2.05) is 19.1 Å². The van der Waals surface area contributed by atoms with Crippen LogP contribution in [0.1, 0.15) is 19.4 Å². The van der Waals surface area contributed by atoms with Crippen LogP contribution in [0.25, 0.3) is 0 Å². The Kier molecular flexibility index (Phi) is 5.02. The van der Waals surface area contributed by atoms with Gasteiger partial charge in [0.05, 0.1) is 24.2 Å². The van der Waals surface area contributed by atoms with Crippen molar-refractivity contribution < 1.29 is 9.53 Å². The van der Waals surface area contributed by atoms with Gasteiger partial charge in [-0.2, -0.15) is 5.26 Å². The summed E-state index contributed by atoms with van der Waals surface area (Å²) in [5.74, 6) is -0.390. The number of esters is 1. The predicted octanol–water partition coefficient (Wildman–Crippen LogP) is 2.17. The largest absolute Gasteiger partial charge is 0.466 e. The molecule has 1 atom stereocenters. The maximum atomic E-state index is 11.4. The number of carbonyl (C=O) groups is 1. The fourth-order valence-corrected chi connectivity index (χ4v) is 1.30. The van der Waals surface area contributed by atoms with E-state index in [1.165, 1.54) is 0 Å². The van der Waals surface area contributed by atoms with E-state index < -0.39 is 0 Å². The van der Waals surface area contributed by atoms with Crippen molar-refractivity contribution in [1.82, 2.24) is 0 Å². The van der Waals surface area contributed by atoms with Crippen LogP contribution in [0.3, 0.4) is 0 Å². The summed E-state index contributed by atoms with van der Waals surface area (Å²) in [4.78, 5) is 11.4. The average Bonchev–Trinajstić information content (AvgIpc) is 2.36. The summed E-state index contributed by atoms with van der Waals surface area (Å²) in [6.07, 6.45) is 0. The second-order valence-electron chi connectivity index (χ2n) is 3.72. The third-order valence-corrected chi connectivity index (χ3v) is 2.32. The average molecular weight is 232 g/mol. The van der Waals surface area contributed by atoms with Crippen molar-refractivity contribution in [2.75, 3.05) is 18.5 Å². The van der Waals surface area contributed by atoms with Crippen LogP contribution in [0, 0.1) is 17.2 Å². The minimum absolute atomic E-state index is 0.189. The molecular formula is C13H16N2O2. The van der Waals surface area contributed by atoms with Gasteiger partial charge in [-0.25, -0.2) is 0 Å². The highest BCUT2D eigenvalue weighted by Gasteiger charge is 2.13. The topological polar surface area (TPSA) is 62.1 Å². The molecule has 1 N–H and O–H groups in total. The fraction of sp³-hybridized carbons (Fsp3) is 0.385. The van der Waals surface area contributed by atoms with Crippen LogP contribution in [0.15, 0.2) is 24.3 Å². The van der Waals surface area contributed by atoms with Crippen LogP contribution in [0.4, 0.5) is 5.69 Å². The molecule has 1 unspecified atom stereocenters. The molecule has 0 bridgehead atoms. The Morgan fingerprint density at radius 3 is 2.65 bits per heavy atom. The molecule has 0 aromatic heterocycles. The van der Waals surface area contributed by atoms with E-state index in [1.54, 1.807) is 19.1 Å². The SMILES string of the molecule is CCOC(=O)C(C)CNc1ccc(C#N)cc1. The summed E-state index contributed by atoms with van der Waals surface area (Å²) in [6, 6.07) is 9.15. The van der Waals surface area contributed by atoms with Gasteiger partial charge in [0.1, 0.15) is 0 Å². The molecule has 0 aliphatic heterocycles. The van der Waals surface area contributed by atoms with Crippen molar-refractivity contribution in [3.8, 4) is 6.07 Å². The molecule has 90 valence electrons. The van der Waals surface area contributed by atoms with Crippen molar-refractivity contribution in [2.24, 2.45) is 5.92 Å². The van der Waals surface area contributed by atoms with Crippen LogP contribution in [-0.2, 0) is 9.53 Å². The maximum absolute atomic E-state index is 11.4. The van der Waals surface area contributed by atoms with E-state index in [2.05, 4.69) is 11.4 Å². The number of nitriles is 1. The van der Waals surface area contributed by atoms with Gasteiger partial charge in [0.15, 0.2) is 0 Å². The van der Waals surface area contributed by atoms with Gasteiger partial charge in [0.25, 0.3) is 0 Å². The first-order valence-electron chi connectivity index (χ1n) is 5.58. The molecule has 1 aromatic rings. The number of nitrogens with zero attached hydrogens (tertiary/aromatic N) is 1. The highest BCUT2D eigenvalue weighted by atomic mass is 16.5. The van der Waals surface area contributed by atoms with Crippen LogP contribution in [0.5, 0.6) is 0 Å². The lowest BCUT2D eigenvalue weighted by molar-refractivity contribution is -0.146. The Hall–Kier alpha value is -2.02. The molecule has 4 nitrogen and oxygen atoms in total. The Labute approximate surface area is 101 Å². The summed E-state index contributed by atoms with van der Waals surface area (Å²) in [5.41, 5.74) is 1.51. The van der Waals surface area contributed by atoms with Gasteiger partial charge in [0.2, 0.25) is 0 Å². The standard InChI is InChI=1S/C13H16N2O2/c1-3-17-13(16)10(2)9-15-12-6-4-11(8-14)5-7-12/h4-7,10,15H,3,9H2,1-2H3. The normalized spacial score (nSPS) is 11.4. The van der Waals surface area contributed by atoms with Crippen LogP contribution in [-0.4, -0.2) is 19.1 Å². The lowest BCUT2D eigenvalue weighted by Crippen LogP contribution is -2.22. The van der Waals surface area contributed by atoms with Crippen LogP contribution >= 0.6 is 0 Å². The summed E-state index contributed by atoms with van der Waals surface area (Å²) in [7, 11) is 0. The number of hydrogen-bond acceptors (Lipinski definition) is 4. The van der Waals surface area contributed by atoms with Crippen molar-refractivity contribution >= 4 is 11.7 Å². The Morgan fingerprint density at radius 1 is 1.47 bits per heavy atom. The molecule has 0 radical (unpaired) electrons. The molecule has 1 rings (SSSR count). The zero-order valence-electron chi connectivity index (χ0n) is 10.1.